The van der Waals surface area contributed by atoms with Crippen LogP contribution in [0.5, 0.6) is 0 Å². The molecule has 0 saturated carbocycles. The summed E-state index contributed by atoms with van der Waals surface area (Å²) >= 11 is 0. The first kappa shape index (κ1) is 9.68. The average molecular weight is 219 g/mol. The minimum absolute atomic E-state index is 0.0117. The van der Waals surface area contributed by atoms with Gasteiger partial charge in [-0.15, -0.1) is 0 Å². The van der Waals surface area contributed by atoms with Gasteiger partial charge in [-0.2, -0.15) is 0 Å². The predicted octanol–water partition coefficient (Wildman–Crippen LogP) is 0.322. The molecule has 1 saturated heterocycles. The molecule has 0 bridgehead atoms. The standard InChI is InChI=1S/C10H13N5O/c1-6-8-10(13-5-12-6)15-9(14-8)7-4-11-2-3-16-7/h5,7,11H,2-4H2,1H3,(H,12,13,14,15)/t7-/m0/s1. The maximum atomic E-state index is 5.63. The molecular weight excluding hydrogens is 206 g/mol. The van der Waals surface area contributed by atoms with E-state index in [9.17, 15) is 0 Å². The van der Waals surface area contributed by atoms with Crippen molar-refractivity contribution in [2.45, 2.75) is 13.0 Å². The van der Waals surface area contributed by atoms with E-state index in [-0.39, 0.29) is 6.10 Å². The second-order valence-electron chi connectivity index (χ2n) is 3.84. The summed E-state index contributed by atoms with van der Waals surface area (Å²) in [5.74, 6) is 0.825. The van der Waals surface area contributed by atoms with Crippen LogP contribution in [-0.4, -0.2) is 39.6 Å². The maximum absolute atomic E-state index is 5.63. The molecule has 6 heteroatoms. The van der Waals surface area contributed by atoms with E-state index in [1.807, 2.05) is 6.92 Å². The molecule has 2 aromatic heterocycles. The summed E-state index contributed by atoms with van der Waals surface area (Å²) in [5.41, 5.74) is 2.49. The molecule has 84 valence electrons. The number of hydrogen-bond acceptors (Lipinski definition) is 5. The third-order valence-electron chi connectivity index (χ3n) is 2.72. The molecule has 3 heterocycles. The van der Waals surface area contributed by atoms with Gasteiger partial charge in [-0.3, -0.25) is 0 Å². The number of hydrogen-bond donors (Lipinski definition) is 2. The van der Waals surface area contributed by atoms with Crippen molar-refractivity contribution in [3.63, 3.8) is 0 Å². The van der Waals surface area contributed by atoms with Crippen molar-refractivity contribution >= 4 is 11.2 Å². The molecule has 2 aromatic rings. The van der Waals surface area contributed by atoms with Gasteiger partial charge in [-0.05, 0) is 6.92 Å². The number of aromatic nitrogens is 4. The number of H-pyrrole nitrogens is 1. The van der Waals surface area contributed by atoms with Crippen molar-refractivity contribution in [2.24, 2.45) is 0 Å². The Hall–Kier alpha value is -1.53. The predicted molar refractivity (Wildman–Crippen MR) is 58.0 cm³/mol. The molecule has 16 heavy (non-hydrogen) atoms. The monoisotopic (exact) mass is 219 g/mol. The van der Waals surface area contributed by atoms with Crippen molar-refractivity contribution in [2.75, 3.05) is 19.7 Å². The number of rotatable bonds is 1. The van der Waals surface area contributed by atoms with Crippen LogP contribution >= 0.6 is 0 Å². The van der Waals surface area contributed by atoms with Crippen molar-refractivity contribution in [1.82, 2.24) is 25.3 Å². The van der Waals surface area contributed by atoms with Gasteiger partial charge in [-0.25, -0.2) is 15.0 Å². The lowest BCUT2D eigenvalue weighted by Crippen LogP contribution is -2.33. The highest BCUT2D eigenvalue weighted by Gasteiger charge is 2.20. The lowest BCUT2D eigenvalue weighted by atomic mass is 10.3. The highest BCUT2D eigenvalue weighted by molar-refractivity contribution is 5.72. The number of morpholine rings is 1. The minimum Gasteiger partial charge on any atom is -0.368 e. The number of aromatic amines is 1. The molecule has 3 rings (SSSR count). The fraction of sp³-hybridized carbons (Fsp3) is 0.500. The molecule has 1 fully saturated rings. The van der Waals surface area contributed by atoms with Gasteiger partial charge >= 0.3 is 0 Å². The lowest BCUT2D eigenvalue weighted by molar-refractivity contribution is 0.0228. The quantitative estimate of drug-likeness (QED) is 0.722. The third kappa shape index (κ3) is 1.56. The Kier molecular flexibility index (Phi) is 2.30. The zero-order valence-electron chi connectivity index (χ0n) is 9.03. The molecule has 1 aliphatic heterocycles. The molecule has 0 aromatic carbocycles. The zero-order valence-corrected chi connectivity index (χ0v) is 9.03. The summed E-state index contributed by atoms with van der Waals surface area (Å²) in [6.45, 7) is 4.32. The molecule has 0 radical (unpaired) electrons. The van der Waals surface area contributed by atoms with Gasteiger partial charge in [0.15, 0.2) is 5.65 Å². The third-order valence-corrected chi connectivity index (χ3v) is 2.72. The second-order valence-corrected chi connectivity index (χ2v) is 3.84. The van der Waals surface area contributed by atoms with Crippen LogP contribution in [0, 0.1) is 6.92 Å². The smallest absolute Gasteiger partial charge is 0.161 e. The fourth-order valence-electron chi connectivity index (χ4n) is 1.86. The van der Waals surface area contributed by atoms with Gasteiger partial charge in [0.25, 0.3) is 0 Å². The molecule has 1 aliphatic rings. The first-order chi connectivity index (χ1) is 7.84. The number of fused-ring (bicyclic) bond motifs is 1. The normalized spacial score (nSPS) is 21.4. The van der Waals surface area contributed by atoms with Crippen LogP contribution in [-0.2, 0) is 4.74 Å². The highest BCUT2D eigenvalue weighted by atomic mass is 16.5. The van der Waals surface area contributed by atoms with Crippen molar-refractivity contribution in [1.29, 1.82) is 0 Å². The van der Waals surface area contributed by atoms with E-state index in [4.69, 9.17) is 4.74 Å². The van der Waals surface area contributed by atoms with E-state index in [1.54, 1.807) is 6.33 Å². The van der Waals surface area contributed by atoms with Crippen LogP contribution in [0.2, 0.25) is 0 Å². The van der Waals surface area contributed by atoms with Gasteiger partial charge in [0, 0.05) is 13.1 Å². The van der Waals surface area contributed by atoms with Gasteiger partial charge in [0.05, 0.1) is 12.3 Å². The van der Waals surface area contributed by atoms with Crippen LogP contribution in [0.15, 0.2) is 6.33 Å². The SMILES string of the molecule is Cc1ncnc2[nH]c([C@@H]3CNCCO3)nc12. The number of nitrogens with zero attached hydrogens (tertiary/aromatic N) is 3. The number of ether oxygens (including phenoxy) is 1. The Labute approximate surface area is 92.5 Å². The van der Waals surface area contributed by atoms with Gasteiger partial charge in [0.2, 0.25) is 0 Å². The van der Waals surface area contributed by atoms with Gasteiger partial charge in [0.1, 0.15) is 23.8 Å². The van der Waals surface area contributed by atoms with E-state index < -0.39 is 0 Å². The summed E-state index contributed by atoms with van der Waals surface area (Å²) in [5, 5.41) is 3.27. The average Bonchev–Trinajstić information content (AvgIpc) is 2.76. The Morgan fingerprint density at radius 2 is 2.38 bits per heavy atom. The van der Waals surface area contributed by atoms with Crippen LogP contribution < -0.4 is 5.32 Å². The van der Waals surface area contributed by atoms with Gasteiger partial charge in [-0.1, -0.05) is 0 Å². The zero-order chi connectivity index (χ0) is 11.0. The summed E-state index contributed by atoms with van der Waals surface area (Å²) in [6, 6.07) is 0. The lowest BCUT2D eigenvalue weighted by Gasteiger charge is -2.21. The summed E-state index contributed by atoms with van der Waals surface area (Å²) in [4.78, 5) is 15.9. The van der Waals surface area contributed by atoms with Crippen molar-refractivity contribution < 1.29 is 4.74 Å². The Bertz CT molecular complexity index is 503. The Morgan fingerprint density at radius 3 is 3.12 bits per heavy atom. The number of imidazole rings is 1. The van der Waals surface area contributed by atoms with E-state index in [0.717, 1.165) is 35.8 Å². The first-order valence-electron chi connectivity index (χ1n) is 5.34. The van der Waals surface area contributed by atoms with Crippen molar-refractivity contribution in [3.8, 4) is 0 Å². The van der Waals surface area contributed by atoms with Crippen LogP contribution in [0.4, 0.5) is 0 Å². The summed E-state index contributed by atoms with van der Waals surface area (Å²) in [7, 11) is 0. The molecule has 6 nitrogen and oxygen atoms in total. The van der Waals surface area contributed by atoms with Crippen molar-refractivity contribution in [3.05, 3.63) is 17.8 Å². The molecule has 0 spiro atoms. The largest absolute Gasteiger partial charge is 0.368 e. The molecular formula is C10H13N5O. The van der Waals surface area contributed by atoms with E-state index in [1.165, 1.54) is 0 Å². The second kappa shape index (κ2) is 3.80. The van der Waals surface area contributed by atoms with Crippen LogP contribution in [0.1, 0.15) is 17.6 Å². The molecule has 1 atom stereocenters. The van der Waals surface area contributed by atoms with Gasteiger partial charge < -0.3 is 15.0 Å². The fourth-order valence-corrected chi connectivity index (χ4v) is 1.86. The van der Waals surface area contributed by atoms with E-state index >= 15 is 0 Å². The topological polar surface area (TPSA) is 75.7 Å². The van der Waals surface area contributed by atoms with Crippen LogP contribution in [0.25, 0.3) is 11.2 Å². The maximum Gasteiger partial charge on any atom is 0.161 e. The number of aryl methyl sites for hydroxylation is 1. The number of nitrogens with one attached hydrogen (secondary N) is 2. The van der Waals surface area contributed by atoms with E-state index in [2.05, 4.69) is 25.3 Å². The Balaban J connectivity index is 2.01. The summed E-state index contributed by atoms with van der Waals surface area (Å²) < 4.78 is 5.63. The first-order valence-corrected chi connectivity index (χ1v) is 5.34. The Morgan fingerprint density at radius 1 is 1.44 bits per heavy atom. The van der Waals surface area contributed by atoms with Crippen LogP contribution in [0.3, 0.4) is 0 Å². The minimum atomic E-state index is -0.0117. The molecule has 0 amide bonds. The highest BCUT2D eigenvalue weighted by Crippen LogP contribution is 2.19. The summed E-state index contributed by atoms with van der Waals surface area (Å²) in [6.07, 6.45) is 1.53. The molecule has 0 unspecified atom stereocenters. The molecule has 2 N–H and O–H groups in total. The molecule has 0 aliphatic carbocycles. The van der Waals surface area contributed by atoms with E-state index in [0.29, 0.717) is 6.61 Å².